The van der Waals surface area contributed by atoms with Crippen molar-refractivity contribution in [3.8, 4) is 0 Å². The SMILES string of the molecule is CCC[C@H](NC(=O)N(C)c1ccc(F)cc1)C(=O)O. The molecule has 0 aromatic heterocycles. The fraction of sp³-hybridized carbons (Fsp3) is 0.385. The molecule has 0 aliphatic heterocycles. The number of anilines is 1. The zero-order valence-corrected chi connectivity index (χ0v) is 10.9. The highest BCUT2D eigenvalue weighted by molar-refractivity contribution is 5.93. The first-order valence-corrected chi connectivity index (χ1v) is 5.98. The van der Waals surface area contributed by atoms with E-state index in [0.29, 0.717) is 18.5 Å². The topological polar surface area (TPSA) is 69.6 Å². The molecule has 0 radical (unpaired) electrons. The number of amides is 2. The average molecular weight is 268 g/mol. The molecule has 0 saturated heterocycles. The summed E-state index contributed by atoms with van der Waals surface area (Å²) in [7, 11) is 1.49. The number of hydrogen-bond donors (Lipinski definition) is 2. The summed E-state index contributed by atoms with van der Waals surface area (Å²) in [4.78, 5) is 24.1. The number of urea groups is 1. The van der Waals surface area contributed by atoms with Crippen molar-refractivity contribution in [2.45, 2.75) is 25.8 Å². The number of carboxylic acids is 1. The number of benzene rings is 1. The molecular formula is C13H17FN2O3. The highest BCUT2D eigenvalue weighted by atomic mass is 19.1. The number of nitrogens with one attached hydrogen (secondary N) is 1. The summed E-state index contributed by atoms with van der Waals surface area (Å²) in [5.41, 5.74) is 0.486. The molecule has 104 valence electrons. The maximum absolute atomic E-state index is 12.8. The summed E-state index contributed by atoms with van der Waals surface area (Å²) < 4.78 is 12.8. The third kappa shape index (κ3) is 4.24. The van der Waals surface area contributed by atoms with Crippen LogP contribution >= 0.6 is 0 Å². The van der Waals surface area contributed by atoms with Crippen LogP contribution in [0.4, 0.5) is 14.9 Å². The van der Waals surface area contributed by atoms with E-state index < -0.39 is 23.9 Å². The van der Waals surface area contributed by atoms with E-state index in [1.807, 2.05) is 6.92 Å². The van der Waals surface area contributed by atoms with Gasteiger partial charge in [-0.1, -0.05) is 13.3 Å². The van der Waals surface area contributed by atoms with E-state index in [1.165, 1.54) is 36.2 Å². The highest BCUT2D eigenvalue weighted by Crippen LogP contribution is 2.13. The maximum atomic E-state index is 12.8. The van der Waals surface area contributed by atoms with Gasteiger partial charge in [0, 0.05) is 12.7 Å². The van der Waals surface area contributed by atoms with Gasteiger partial charge in [0.1, 0.15) is 11.9 Å². The van der Waals surface area contributed by atoms with Crippen molar-refractivity contribution in [2.75, 3.05) is 11.9 Å². The fourth-order valence-electron chi connectivity index (χ4n) is 1.57. The van der Waals surface area contributed by atoms with Gasteiger partial charge in [0.15, 0.2) is 0 Å². The van der Waals surface area contributed by atoms with Gasteiger partial charge in [-0.25, -0.2) is 14.0 Å². The van der Waals surface area contributed by atoms with E-state index >= 15 is 0 Å². The molecule has 1 rings (SSSR count). The van der Waals surface area contributed by atoms with Crippen LogP contribution in [0, 0.1) is 5.82 Å². The molecule has 0 bridgehead atoms. The number of hydrogen-bond acceptors (Lipinski definition) is 2. The Morgan fingerprint density at radius 3 is 2.42 bits per heavy atom. The van der Waals surface area contributed by atoms with E-state index in [2.05, 4.69) is 5.32 Å². The molecule has 1 aromatic carbocycles. The lowest BCUT2D eigenvalue weighted by atomic mass is 10.2. The predicted octanol–water partition coefficient (Wildman–Crippen LogP) is 2.22. The summed E-state index contributed by atoms with van der Waals surface area (Å²) in [5.74, 6) is -1.46. The zero-order chi connectivity index (χ0) is 14.4. The molecule has 1 atom stereocenters. The van der Waals surface area contributed by atoms with Gasteiger partial charge < -0.3 is 10.4 Å². The minimum Gasteiger partial charge on any atom is -0.480 e. The van der Waals surface area contributed by atoms with E-state index in [0.717, 1.165) is 0 Å². The lowest BCUT2D eigenvalue weighted by Gasteiger charge is -2.21. The van der Waals surface area contributed by atoms with Crippen LogP contribution in [0.3, 0.4) is 0 Å². The summed E-state index contributed by atoms with van der Waals surface area (Å²) in [5, 5.41) is 11.4. The number of carbonyl (C=O) groups is 2. The fourth-order valence-corrected chi connectivity index (χ4v) is 1.57. The molecule has 2 N–H and O–H groups in total. The maximum Gasteiger partial charge on any atom is 0.326 e. The molecule has 0 spiro atoms. The Morgan fingerprint density at radius 1 is 1.37 bits per heavy atom. The number of aliphatic carboxylic acids is 1. The first kappa shape index (κ1) is 14.9. The van der Waals surface area contributed by atoms with Crippen molar-refractivity contribution in [1.29, 1.82) is 0 Å². The second kappa shape index (κ2) is 6.72. The van der Waals surface area contributed by atoms with Crippen LogP contribution in [-0.4, -0.2) is 30.2 Å². The standard InChI is InChI=1S/C13H17FN2O3/c1-3-4-11(12(17)18)15-13(19)16(2)10-7-5-9(14)6-8-10/h5-8,11H,3-4H2,1-2H3,(H,15,19)(H,17,18)/t11-/m0/s1. The van der Waals surface area contributed by atoms with Crippen molar-refractivity contribution < 1.29 is 19.1 Å². The van der Waals surface area contributed by atoms with Crippen LogP contribution in [0.2, 0.25) is 0 Å². The highest BCUT2D eigenvalue weighted by Gasteiger charge is 2.21. The van der Waals surface area contributed by atoms with Crippen LogP contribution < -0.4 is 10.2 Å². The average Bonchev–Trinajstić information content (AvgIpc) is 2.38. The van der Waals surface area contributed by atoms with E-state index in [-0.39, 0.29) is 0 Å². The molecular weight excluding hydrogens is 251 g/mol. The molecule has 19 heavy (non-hydrogen) atoms. The van der Waals surface area contributed by atoms with Crippen molar-refractivity contribution in [1.82, 2.24) is 5.32 Å². The lowest BCUT2D eigenvalue weighted by molar-refractivity contribution is -0.139. The normalized spacial score (nSPS) is 11.7. The second-order valence-electron chi connectivity index (χ2n) is 4.16. The number of carbonyl (C=O) groups excluding carboxylic acids is 1. The number of nitrogens with zero attached hydrogens (tertiary/aromatic N) is 1. The Morgan fingerprint density at radius 2 is 1.95 bits per heavy atom. The predicted molar refractivity (Wildman–Crippen MR) is 69.7 cm³/mol. The van der Waals surface area contributed by atoms with E-state index in [1.54, 1.807) is 0 Å². The minimum atomic E-state index is -1.07. The third-order valence-corrected chi connectivity index (χ3v) is 2.69. The Kier molecular flexibility index (Phi) is 5.29. The lowest BCUT2D eigenvalue weighted by Crippen LogP contribution is -2.46. The molecule has 0 aliphatic rings. The molecule has 2 amide bonds. The third-order valence-electron chi connectivity index (χ3n) is 2.69. The van der Waals surface area contributed by atoms with Crippen LogP contribution in [0.1, 0.15) is 19.8 Å². The molecule has 0 saturated carbocycles. The Hall–Kier alpha value is -2.11. The van der Waals surface area contributed by atoms with Gasteiger partial charge in [-0.3, -0.25) is 4.90 Å². The Bertz CT molecular complexity index is 448. The Balaban J connectivity index is 2.71. The minimum absolute atomic E-state index is 0.359. The van der Waals surface area contributed by atoms with Crippen molar-refractivity contribution in [3.63, 3.8) is 0 Å². The summed E-state index contributed by atoms with van der Waals surface area (Å²) in [6.45, 7) is 1.84. The first-order valence-electron chi connectivity index (χ1n) is 5.98. The molecule has 0 aliphatic carbocycles. The number of rotatable bonds is 5. The largest absolute Gasteiger partial charge is 0.480 e. The smallest absolute Gasteiger partial charge is 0.326 e. The van der Waals surface area contributed by atoms with Crippen LogP contribution in [0.15, 0.2) is 24.3 Å². The summed E-state index contributed by atoms with van der Waals surface area (Å²) >= 11 is 0. The summed E-state index contributed by atoms with van der Waals surface area (Å²) in [6, 6.07) is 3.92. The monoisotopic (exact) mass is 268 g/mol. The van der Waals surface area contributed by atoms with Gasteiger partial charge in [0.25, 0.3) is 0 Å². The molecule has 6 heteroatoms. The number of carboxylic acid groups (broad SMARTS) is 1. The van der Waals surface area contributed by atoms with Gasteiger partial charge in [0.05, 0.1) is 0 Å². The molecule has 0 heterocycles. The van der Waals surface area contributed by atoms with Gasteiger partial charge in [0.2, 0.25) is 0 Å². The Labute approximate surface area is 111 Å². The molecule has 0 fully saturated rings. The number of halogens is 1. The van der Waals surface area contributed by atoms with Gasteiger partial charge >= 0.3 is 12.0 Å². The quantitative estimate of drug-likeness (QED) is 0.860. The van der Waals surface area contributed by atoms with Gasteiger partial charge in [-0.15, -0.1) is 0 Å². The molecule has 1 aromatic rings. The van der Waals surface area contributed by atoms with Crippen molar-refractivity contribution in [2.24, 2.45) is 0 Å². The van der Waals surface area contributed by atoms with E-state index in [9.17, 15) is 14.0 Å². The van der Waals surface area contributed by atoms with Crippen LogP contribution in [0.5, 0.6) is 0 Å². The summed E-state index contributed by atoms with van der Waals surface area (Å²) in [6.07, 6.45) is 1.01. The molecule has 5 nitrogen and oxygen atoms in total. The molecule has 0 unspecified atom stereocenters. The van der Waals surface area contributed by atoms with Crippen molar-refractivity contribution >= 4 is 17.7 Å². The first-order chi connectivity index (χ1) is 8.95. The van der Waals surface area contributed by atoms with Gasteiger partial charge in [-0.2, -0.15) is 0 Å². The second-order valence-corrected chi connectivity index (χ2v) is 4.16. The van der Waals surface area contributed by atoms with Crippen LogP contribution in [-0.2, 0) is 4.79 Å². The van der Waals surface area contributed by atoms with Gasteiger partial charge in [-0.05, 0) is 30.7 Å². The van der Waals surface area contributed by atoms with Crippen molar-refractivity contribution in [3.05, 3.63) is 30.1 Å². The zero-order valence-electron chi connectivity index (χ0n) is 10.9. The van der Waals surface area contributed by atoms with Crippen LogP contribution in [0.25, 0.3) is 0 Å². The van der Waals surface area contributed by atoms with E-state index in [4.69, 9.17) is 5.11 Å².